The Morgan fingerprint density at radius 3 is 2.29 bits per heavy atom. The molecule has 3 rings (SSSR count). The molecule has 0 aliphatic carbocycles. The number of methoxy groups -OCH3 is 1. The minimum absolute atomic E-state index is 0.222. The molecule has 0 radical (unpaired) electrons. The van der Waals surface area contributed by atoms with Crippen LogP contribution in [-0.2, 0) is 4.79 Å². The summed E-state index contributed by atoms with van der Waals surface area (Å²) < 4.78 is 5.21. The summed E-state index contributed by atoms with van der Waals surface area (Å²) in [6, 6.07) is 15.5. The van der Waals surface area contributed by atoms with Crippen molar-refractivity contribution in [3.63, 3.8) is 0 Å². The van der Waals surface area contributed by atoms with Crippen molar-refractivity contribution in [1.29, 1.82) is 0 Å². The van der Waals surface area contributed by atoms with Crippen LogP contribution in [-0.4, -0.2) is 42.3 Å². The molecule has 0 atom stereocenters. The zero-order chi connectivity index (χ0) is 20.5. The number of allylic oxidation sites excluding steroid dienone is 1. The number of benzene rings is 2. The van der Waals surface area contributed by atoms with Crippen molar-refractivity contribution in [2.24, 2.45) is 10.1 Å². The molecular weight excluding hydrogens is 378 g/mol. The summed E-state index contributed by atoms with van der Waals surface area (Å²) in [7, 11) is 1.65. The van der Waals surface area contributed by atoms with E-state index in [2.05, 4.69) is 16.8 Å². The van der Waals surface area contributed by atoms with Gasteiger partial charge in [-0.2, -0.15) is 5.10 Å². The zero-order valence-corrected chi connectivity index (χ0v) is 16.6. The van der Waals surface area contributed by atoms with Crippen molar-refractivity contribution in [1.82, 2.24) is 5.01 Å². The van der Waals surface area contributed by atoms with E-state index in [0.29, 0.717) is 11.7 Å². The molecule has 0 spiro atoms. The Labute approximate surface area is 169 Å². The predicted molar refractivity (Wildman–Crippen MR) is 113 cm³/mol. The summed E-state index contributed by atoms with van der Waals surface area (Å²) in [5.74, 6) is 0.0693. The fourth-order valence-corrected chi connectivity index (χ4v) is 2.51. The van der Waals surface area contributed by atoms with Gasteiger partial charge < -0.3 is 9.84 Å². The van der Waals surface area contributed by atoms with Gasteiger partial charge in [-0.1, -0.05) is 30.7 Å². The van der Waals surface area contributed by atoms with Gasteiger partial charge in [-0.25, -0.2) is 5.01 Å². The number of aliphatic imine (C=N–C) groups is 1. The van der Waals surface area contributed by atoms with Crippen LogP contribution in [0.15, 0.2) is 64.7 Å². The van der Waals surface area contributed by atoms with Crippen LogP contribution in [0.4, 0.5) is 0 Å². The van der Waals surface area contributed by atoms with Gasteiger partial charge in [-0.15, -0.1) is 0 Å². The third-order valence-electron chi connectivity index (χ3n) is 3.93. The predicted octanol–water partition coefficient (Wildman–Crippen LogP) is 4.55. The van der Waals surface area contributed by atoms with Crippen LogP contribution < -0.4 is 4.74 Å². The molecule has 0 bridgehead atoms. The number of rotatable bonds is 5. The van der Waals surface area contributed by atoms with E-state index in [0.717, 1.165) is 28.3 Å². The van der Waals surface area contributed by atoms with Gasteiger partial charge in [0, 0.05) is 23.7 Å². The lowest BCUT2D eigenvalue weighted by Gasteiger charge is -2.24. The van der Waals surface area contributed by atoms with Gasteiger partial charge in [-0.05, 0) is 48.0 Å². The Kier molecular flexibility index (Phi) is 7.77. The van der Waals surface area contributed by atoms with Crippen molar-refractivity contribution in [3.8, 4) is 5.75 Å². The van der Waals surface area contributed by atoms with Gasteiger partial charge in [0.1, 0.15) is 12.4 Å². The second-order valence-corrected chi connectivity index (χ2v) is 6.17. The molecule has 28 heavy (non-hydrogen) atoms. The van der Waals surface area contributed by atoms with Crippen LogP contribution in [0.3, 0.4) is 0 Å². The van der Waals surface area contributed by atoms with E-state index in [-0.39, 0.29) is 6.42 Å². The molecule has 6 nitrogen and oxygen atoms in total. The third kappa shape index (κ3) is 5.69. The van der Waals surface area contributed by atoms with Crippen molar-refractivity contribution >= 4 is 35.7 Å². The minimum atomic E-state index is -0.745. The van der Waals surface area contributed by atoms with E-state index in [4.69, 9.17) is 21.4 Å². The Bertz CT molecular complexity index is 875. The molecule has 1 N–H and O–H groups in total. The highest BCUT2D eigenvalue weighted by Crippen LogP contribution is 2.26. The first kappa shape index (κ1) is 21.2. The molecule has 1 heterocycles. The number of hydrazone groups is 1. The average molecular weight is 400 g/mol. The number of hydrogen-bond acceptors (Lipinski definition) is 5. The maximum absolute atomic E-state index is 9.37. The minimum Gasteiger partial charge on any atom is -0.497 e. The highest BCUT2D eigenvalue weighted by molar-refractivity contribution is 6.30. The number of aliphatic carboxylic acids is 1. The maximum Gasteiger partial charge on any atom is 0.303 e. The highest BCUT2D eigenvalue weighted by Gasteiger charge is 2.17. The second kappa shape index (κ2) is 10.3. The van der Waals surface area contributed by atoms with Crippen LogP contribution in [0.25, 0.3) is 5.70 Å². The van der Waals surface area contributed by atoms with Crippen molar-refractivity contribution in [2.45, 2.75) is 13.3 Å². The summed E-state index contributed by atoms with van der Waals surface area (Å²) in [6.07, 6.45) is 2.23. The Hall–Kier alpha value is -3.12. The normalized spacial score (nSPS) is 12.9. The molecular formula is C21H22ClN3O3. The van der Waals surface area contributed by atoms with Gasteiger partial charge in [0.05, 0.1) is 18.5 Å². The standard InChI is InChI=1S/C18H16ClN3O.C3H6O2/c1-20-22-12-21-17(13-3-7-15(19)8-4-13)11-18(22)14-5-9-16(23-2)10-6-14;1-2-3(4)5/h3-11H,1,12H2,2H3;2H2,1H3,(H,4,5). The van der Waals surface area contributed by atoms with Crippen molar-refractivity contribution in [2.75, 3.05) is 13.8 Å². The molecule has 7 heteroatoms. The van der Waals surface area contributed by atoms with Crippen LogP contribution in [0.2, 0.25) is 5.02 Å². The maximum atomic E-state index is 9.37. The van der Waals surface area contributed by atoms with E-state index in [1.165, 1.54) is 0 Å². The monoisotopic (exact) mass is 399 g/mol. The smallest absolute Gasteiger partial charge is 0.303 e. The van der Waals surface area contributed by atoms with Crippen LogP contribution in [0, 0.1) is 0 Å². The number of carbonyl (C=O) groups is 1. The van der Waals surface area contributed by atoms with Gasteiger partial charge in [0.15, 0.2) is 0 Å². The molecule has 0 unspecified atom stereocenters. The van der Waals surface area contributed by atoms with E-state index >= 15 is 0 Å². The number of halogens is 1. The highest BCUT2D eigenvalue weighted by atomic mass is 35.5. The van der Waals surface area contributed by atoms with Gasteiger partial charge in [0.25, 0.3) is 0 Å². The lowest BCUT2D eigenvalue weighted by molar-refractivity contribution is -0.136. The van der Waals surface area contributed by atoms with Crippen molar-refractivity contribution < 1.29 is 14.6 Å². The fraction of sp³-hybridized carbons (Fsp3) is 0.190. The summed E-state index contributed by atoms with van der Waals surface area (Å²) in [5, 5.41) is 14.2. The molecule has 0 aromatic heterocycles. The largest absolute Gasteiger partial charge is 0.497 e. The average Bonchev–Trinajstić information content (AvgIpc) is 2.74. The SMILES string of the molecule is C=NN1CN=C(c2ccc(Cl)cc2)C=C1c1ccc(OC)cc1.CCC(=O)O. The quantitative estimate of drug-likeness (QED) is 0.748. The first-order valence-electron chi connectivity index (χ1n) is 8.61. The lowest BCUT2D eigenvalue weighted by atomic mass is 10.0. The zero-order valence-electron chi connectivity index (χ0n) is 15.8. The molecule has 1 aliphatic heterocycles. The van der Waals surface area contributed by atoms with E-state index in [1.807, 2.05) is 54.6 Å². The molecule has 0 fully saturated rings. The number of ether oxygens (including phenoxy) is 1. The number of carboxylic acid groups (broad SMARTS) is 1. The number of nitrogens with zero attached hydrogens (tertiary/aromatic N) is 3. The van der Waals surface area contributed by atoms with Gasteiger partial charge in [0.2, 0.25) is 0 Å². The second-order valence-electron chi connectivity index (χ2n) is 5.74. The fourth-order valence-electron chi connectivity index (χ4n) is 2.38. The summed E-state index contributed by atoms with van der Waals surface area (Å²) in [5.41, 5.74) is 3.89. The van der Waals surface area contributed by atoms with Crippen molar-refractivity contribution in [3.05, 3.63) is 70.8 Å². The summed E-state index contributed by atoms with van der Waals surface area (Å²) >= 11 is 5.95. The Balaban J connectivity index is 0.000000500. The molecule has 1 aliphatic rings. The molecule has 0 saturated heterocycles. The van der Waals surface area contributed by atoms with Gasteiger partial charge >= 0.3 is 5.97 Å². The van der Waals surface area contributed by atoms with Crippen LogP contribution >= 0.6 is 11.6 Å². The van der Waals surface area contributed by atoms with Crippen LogP contribution in [0.5, 0.6) is 5.75 Å². The molecule has 0 saturated carbocycles. The van der Waals surface area contributed by atoms with E-state index in [1.54, 1.807) is 19.0 Å². The van der Waals surface area contributed by atoms with E-state index < -0.39 is 5.97 Å². The molecule has 146 valence electrons. The topological polar surface area (TPSA) is 74.5 Å². The first-order valence-corrected chi connectivity index (χ1v) is 8.98. The van der Waals surface area contributed by atoms with E-state index in [9.17, 15) is 4.79 Å². The Morgan fingerprint density at radius 2 is 1.79 bits per heavy atom. The number of carboxylic acids is 1. The van der Waals surface area contributed by atoms with Gasteiger partial charge in [-0.3, -0.25) is 9.79 Å². The summed E-state index contributed by atoms with van der Waals surface area (Å²) in [4.78, 5) is 13.9. The lowest BCUT2D eigenvalue weighted by Crippen LogP contribution is -2.22. The summed E-state index contributed by atoms with van der Waals surface area (Å²) in [6.45, 7) is 5.66. The number of hydrogen-bond donors (Lipinski definition) is 1. The molecule has 2 aromatic rings. The molecule has 0 amide bonds. The Morgan fingerprint density at radius 1 is 1.21 bits per heavy atom. The first-order chi connectivity index (χ1) is 13.5. The van der Waals surface area contributed by atoms with Crippen LogP contribution in [0.1, 0.15) is 24.5 Å². The molecule has 2 aromatic carbocycles. The third-order valence-corrected chi connectivity index (χ3v) is 4.18.